The van der Waals surface area contributed by atoms with Crippen molar-refractivity contribution in [2.24, 2.45) is 0 Å². The van der Waals surface area contributed by atoms with Crippen LogP contribution in [0.25, 0.3) is 17.2 Å². The van der Waals surface area contributed by atoms with Gasteiger partial charge in [0.05, 0.1) is 0 Å². The molecule has 0 saturated carbocycles. The summed E-state index contributed by atoms with van der Waals surface area (Å²) in [6.45, 7) is 12.3. The molecule has 31 heavy (non-hydrogen) atoms. The van der Waals surface area contributed by atoms with E-state index in [9.17, 15) is 0 Å². The van der Waals surface area contributed by atoms with E-state index in [0.29, 0.717) is 3.63 Å². The maximum atomic E-state index is 2.65. The molecule has 3 aromatic rings. The molecule has 2 aliphatic carbocycles. The molecule has 0 nitrogen and oxygen atoms in total. The van der Waals surface area contributed by atoms with Crippen LogP contribution >= 0.6 is 0 Å². The summed E-state index contributed by atoms with van der Waals surface area (Å²) in [6, 6.07) is 23.4. The molecule has 3 aromatic carbocycles. The molecular formula is C27H29Cl2SiZr. The van der Waals surface area contributed by atoms with Gasteiger partial charge in [-0.05, 0) is 0 Å². The molecule has 0 saturated heterocycles. The first-order valence-electron chi connectivity index (χ1n) is 10.8. The molecule has 0 heterocycles. The van der Waals surface area contributed by atoms with Gasteiger partial charge in [-0.1, -0.05) is 0 Å². The monoisotopic (exact) mass is 541 g/mol. The second-order valence-corrected chi connectivity index (χ2v) is 29.2. The first kappa shape index (κ1) is 24.7. The molecular weight excluding hydrogens is 515 g/mol. The van der Waals surface area contributed by atoms with Gasteiger partial charge in [0.1, 0.15) is 0 Å². The van der Waals surface area contributed by atoms with Gasteiger partial charge in [0.15, 0.2) is 0 Å². The van der Waals surface area contributed by atoms with Crippen molar-refractivity contribution in [1.82, 2.24) is 0 Å². The van der Waals surface area contributed by atoms with Crippen LogP contribution in [0.4, 0.5) is 0 Å². The summed E-state index contributed by atoms with van der Waals surface area (Å²) in [4.78, 5) is 0. The summed E-state index contributed by atoms with van der Waals surface area (Å²) in [6.07, 6.45) is 2.53. The zero-order valence-electron chi connectivity index (χ0n) is 18.8. The van der Waals surface area contributed by atoms with Gasteiger partial charge < -0.3 is 24.8 Å². The van der Waals surface area contributed by atoms with Crippen molar-refractivity contribution in [3.05, 3.63) is 99.6 Å². The zero-order chi connectivity index (χ0) is 20.3. The van der Waals surface area contributed by atoms with Gasteiger partial charge in [0.2, 0.25) is 0 Å². The standard InChI is InChI=1S/C13H9.C12H13.C2H7Si.2ClH.Zr/c1-3-7-12-10(5-1)9-11-6-2-4-8-13(11)12;1-8-4-10(3)12-7-9(2)6-11(12)5-8;1-3-2;;;/h1-9H;4-7H,1-3H3;3H,1-2H3;2*1H;/q;;;;;+2/p-2. The third-order valence-electron chi connectivity index (χ3n) is 6.87. The Bertz CT molecular complexity index is 1110. The number of halogens is 2. The summed E-state index contributed by atoms with van der Waals surface area (Å²) in [5, 5.41) is 0. The van der Waals surface area contributed by atoms with Crippen LogP contribution in [0.2, 0.25) is 13.1 Å². The Morgan fingerprint density at radius 2 is 1.26 bits per heavy atom. The van der Waals surface area contributed by atoms with Crippen LogP contribution < -0.4 is 24.8 Å². The average molecular weight is 544 g/mol. The fourth-order valence-corrected chi connectivity index (χ4v) is 28.5. The minimum Gasteiger partial charge on any atom is -1.00 e. The van der Waals surface area contributed by atoms with Crippen molar-refractivity contribution in [2.45, 2.75) is 41.1 Å². The van der Waals surface area contributed by atoms with E-state index in [1.54, 1.807) is 22.3 Å². The molecule has 2 aliphatic rings. The van der Waals surface area contributed by atoms with Crippen LogP contribution in [0.5, 0.6) is 0 Å². The number of aryl methyl sites for hydroxylation is 2. The SMILES string of the molecule is CC1=Cc2c(C)cc(C)cc2[CH]1[Zr+2]([CH]1c2ccccc2-c2ccccc21)[SiH](C)C.[Cl-].[Cl-]. The van der Waals surface area contributed by atoms with Gasteiger partial charge in [0, 0.05) is 0 Å². The van der Waals surface area contributed by atoms with E-state index in [1.807, 2.05) is 0 Å². The Kier molecular flexibility index (Phi) is 7.59. The molecule has 0 fully saturated rings. The molecule has 0 radical (unpaired) electrons. The van der Waals surface area contributed by atoms with Crippen LogP contribution in [0, 0.1) is 13.8 Å². The maximum absolute atomic E-state index is 2.65. The number of hydrogen-bond donors (Lipinski definition) is 0. The Morgan fingerprint density at radius 1 is 0.710 bits per heavy atom. The topological polar surface area (TPSA) is 0 Å². The van der Waals surface area contributed by atoms with Crippen molar-refractivity contribution >= 4 is 12.0 Å². The molecule has 0 aliphatic heterocycles. The van der Waals surface area contributed by atoms with Gasteiger partial charge >= 0.3 is 185 Å². The molecule has 0 spiro atoms. The van der Waals surface area contributed by atoms with Crippen LogP contribution in [0.15, 0.2) is 66.2 Å². The fourth-order valence-electron chi connectivity index (χ4n) is 5.79. The van der Waals surface area contributed by atoms with Crippen LogP contribution in [0.1, 0.15) is 47.6 Å². The second-order valence-electron chi connectivity index (χ2n) is 9.17. The minimum absolute atomic E-state index is 0. The van der Waals surface area contributed by atoms with Crippen molar-refractivity contribution in [3.63, 3.8) is 0 Å². The average Bonchev–Trinajstić information content (AvgIpc) is 3.19. The van der Waals surface area contributed by atoms with Gasteiger partial charge in [-0.15, -0.1) is 0 Å². The van der Waals surface area contributed by atoms with Gasteiger partial charge in [-0.2, -0.15) is 0 Å². The van der Waals surface area contributed by atoms with Crippen molar-refractivity contribution < 1.29 is 45.7 Å². The summed E-state index contributed by atoms with van der Waals surface area (Å²) >= 11 is -1.91. The van der Waals surface area contributed by atoms with Gasteiger partial charge in [0.25, 0.3) is 0 Å². The quantitative estimate of drug-likeness (QED) is 0.435. The maximum Gasteiger partial charge on any atom is -1.00 e. The smallest absolute Gasteiger partial charge is 1.00 e. The van der Waals surface area contributed by atoms with E-state index in [4.69, 9.17) is 0 Å². The predicted molar refractivity (Wildman–Crippen MR) is 125 cm³/mol. The summed E-state index contributed by atoms with van der Waals surface area (Å²) in [7, 11) is 0. The first-order valence-corrected chi connectivity index (χ1v) is 20.8. The fraction of sp³-hybridized carbons (Fsp3) is 0.259. The molecule has 1 unspecified atom stereocenters. The van der Waals surface area contributed by atoms with E-state index in [-0.39, 0.29) is 24.8 Å². The third-order valence-corrected chi connectivity index (χ3v) is 28.7. The molecule has 0 bridgehead atoms. The number of allylic oxidation sites excluding steroid dienone is 1. The number of fused-ring (bicyclic) bond motifs is 4. The number of hydrogen-bond acceptors (Lipinski definition) is 0. The van der Waals surface area contributed by atoms with Crippen molar-refractivity contribution in [2.75, 3.05) is 0 Å². The van der Waals surface area contributed by atoms with Crippen molar-refractivity contribution in [3.8, 4) is 11.1 Å². The van der Waals surface area contributed by atoms with E-state index < -0.39 is 26.8 Å². The first-order chi connectivity index (χ1) is 14.0. The third kappa shape index (κ3) is 3.99. The largest absolute Gasteiger partial charge is 1.00 e. The Labute approximate surface area is 208 Å². The van der Waals surface area contributed by atoms with Gasteiger partial charge in [-0.3, -0.25) is 0 Å². The minimum atomic E-state index is -1.91. The van der Waals surface area contributed by atoms with Gasteiger partial charge in [-0.25, -0.2) is 0 Å². The zero-order valence-corrected chi connectivity index (χ0v) is 24.0. The molecule has 1 atom stereocenters. The van der Waals surface area contributed by atoms with Crippen molar-refractivity contribution in [1.29, 1.82) is 0 Å². The van der Waals surface area contributed by atoms with E-state index in [2.05, 4.69) is 101 Å². The van der Waals surface area contributed by atoms with Crippen LogP contribution in [-0.4, -0.2) is 5.92 Å². The van der Waals surface area contributed by atoms with E-state index in [0.717, 1.165) is 3.63 Å². The normalized spacial score (nSPS) is 16.1. The summed E-state index contributed by atoms with van der Waals surface area (Å²) in [5.74, 6) is -0.782. The van der Waals surface area contributed by atoms with Crippen LogP contribution in [-0.2, 0) is 20.9 Å². The second kappa shape index (κ2) is 9.52. The van der Waals surface area contributed by atoms with Crippen LogP contribution in [0.3, 0.4) is 0 Å². The predicted octanol–water partition coefficient (Wildman–Crippen LogP) is 1.14. The van der Waals surface area contributed by atoms with E-state index in [1.165, 1.54) is 27.8 Å². The molecule has 4 heteroatoms. The summed E-state index contributed by atoms with van der Waals surface area (Å²) in [5.41, 5.74) is 14.0. The Hall–Kier alpha value is -0.920. The molecule has 5 rings (SSSR count). The Balaban J connectivity index is 0.00000136. The molecule has 0 amide bonds. The Morgan fingerprint density at radius 3 is 1.81 bits per heavy atom. The molecule has 159 valence electrons. The summed E-state index contributed by atoms with van der Waals surface area (Å²) < 4.78 is 1.44. The number of benzene rings is 3. The number of rotatable bonds is 3. The van der Waals surface area contributed by atoms with E-state index >= 15 is 0 Å². The molecule has 0 N–H and O–H groups in total. The molecule has 0 aromatic heterocycles.